The van der Waals surface area contributed by atoms with E-state index in [0.717, 1.165) is 0 Å². The highest BCUT2D eigenvalue weighted by Crippen LogP contribution is 2.31. The Balaban J connectivity index is 1.41. The molecule has 42 heavy (non-hydrogen) atoms. The minimum Gasteiger partial charge on any atom is -0.453 e. The van der Waals surface area contributed by atoms with Crippen molar-refractivity contribution in [3.8, 4) is 16.9 Å². The lowest BCUT2D eigenvalue weighted by Crippen LogP contribution is -2.35. The smallest absolute Gasteiger partial charge is 0.411 e. The summed E-state index contributed by atoms with van der Waals surface area (Å²) in [6, 6.07) is 9.74. The first kappa shape index (κ1) is 28.4. The number of methoxy groups -OCH3 is 1. The molecule has 1 aliphatic heterocycles. The fourth-order valence-electron chi connectivity index (χ4n) is 4.44. The van der Waals surface area contributed by atoms with Crippen molar-refractivity contribution < 1.29 is 19.1 Å². The molecule has 4 aromatic rings. The first-order valence-corrected chi connectivity index (χ1v) is 13.2. The van der Waals surface area contributed by atoms with Gasteiger partial charge in [0.1, 0.15) is 12.2 Å². The Labute approximate surface area is 245 Å². The van der Waals surface area contributed by atoms with Crippen LogP contribution in [-0.4, -0.2) is 80.2 Å². The quantitative estimate of drug-likeness (QED) is 0.255. The summed E-state index contributed by atoms with van der Waals surface area (Å²) in [5.74, 6) is -0.0485. The van der Waals surface area contributed by atoms with Crippen LogP contribution in [-0.2, 0) is 14.3 Å². The normalized spacial score (nSPS) is 15.7. The zero-order valence-corrected chi connectivity index (χ0v) is 23.4. The number of benzene rings is 2. The molecule has 0 saturated carbocycles. The lowest BCUT2D eigenvalue weighted by atomic mass is 10.1. The van der Waals surface area contributed by atoms with E-state index in [0.29, 0.717) is 57.7 Å². The third-order valence-corrected chi connectivity index (χ3v) is 6.69. The Bertz CT molecular complexity index is 1640. The third kappa shape index (κ3) is 6.79. The zero-order valence-electron chi connectivity index (χ0n) is 22.7. The van der Waals surface area contributed by atoms with Gasteiger partial charge in [-0.1, -0.05) is 11.6 Å². The van der Waals surface area contributed by atoms with E-state index in [1.165, 1.54) is 24.2 Å². The van der Waals surface area contributed by atoms with E-state index in [2.05, 4.69) is 41.2 Å². The monoisotopic (exact) mass is 590 g/mol. The second-order valence-corrected chi connectivity index (χ2v) is 9.91. The number of hydrogen-bond acceptors (Lipinski definition) is 9. The topological polar surface area (TPSA) is 172 Å². The Morgan fingerprint density at radius 1 is 1.21 bits per heavy atom. The molecule has 0 radical (unpaired) electrons. The van der Waals surface area contributed by atoms with Gasteiger partial charge in [0.2, 0.25) is 11.8 Å². The number of likely N-dealkylation sites (N-methyl/N-ethyl adjacent to an activating group) is 1. The molecule has 2 aromatic heterocycles. The number of nitrogens with one attached hydrogen (secondary N) is 4. The van der Waals surface area contributed by atoms with Crippen molar-refractivity contribution in [2.24, 2.45) is 0 Å². The SMILES string of the molecule is COC(=O)Nc1ccc2c(c1)NC(=O)CN(C)CCC(NC(=O)/C=C/c1cc(Cl)ccc1-n1cnnn1)c1nc-2c[nH]1. The molecule has 14 nitrogen and oxygen atoms in total. The molecule has 0 fully saturated rings. The van der Waals surface area contributed by atoms with E-state index >= 15 is 0 Å². The fourth-order valence-corrected chi connectivity index (χ4v) is 4.62. The van der Waals surface area contributed by atoms with Gasteiger partial charge in [0.25, 0.3) is 0 Å². The number of amides is 3. The minimum absolute atomic E-state index is 0.113. The zero-order chi connectivity index (χ0) is 29.6. The van der Waals surface area contributed by atoms with Gasteiger partial charge in [-0.05, 0) is 66.4 Å². The molecule has 15 heteroatoms. The molecule has 3 amide bonds. The van der Waals surface area contributed by atoms with E-state index in [9.17, 15) is 14.4 Å². The predicted octanol–water partition coefficient (Wildman–Crippen LogP) is 3.03. The number of imidazole rings is 1. The van der Waals surface area contributed by atoms with Crippen LogP contribution in [0, 0.1) is 0 Å². The lowest BCUT2D eigenvalue weighted by molar-refractivity contribution is -0.118. The van der Waals surface area contributed by atoms with E-state index in [4.69, 9.17) is 16.6 Å². The van der Waals surface area contributed by atoms with Crippen molar-refractivity contribution in [1.29, 1.82) is 0 Å². The number of aromatic nitrogens is 6. The highest BCUT2D eigenvalue weighted by molar-refractivity contribution is 6.30. The summed E-state index contributed by atoms with van der Waals surface area (Å²) in [6.07, 6.45) is 6.04. The summed E-state index contributed by atoms with van der Waals surface area (Å²) in [7, 11) is 3.08. The van der Waals surface area contributed by atoms with Gasteiger partial charge in [0, 0.05) is 40.7 Å². The van der Waals surface area contributed by atoms with Gasteiger partial charge in [-0.3, -0.25) is 19.8 Å². The molecule has 1 aliphatic rings. The standard InChI is InChI=1S/C27H27ClN10O4/c1-37-10-9-20(32-24(39)8-3-16-11-17(28)4-7-23(16)38-15-30-35-36-38)26-29-13-22(34-26)19-6-5-18(31-27(41)42-2)12-21(19)33-25(40)14-37/h3-8,11-13,15,20H,9-10,14H2,1-2H3,(H,29,34)(H,31,41)(H,32,39)(H,33,40)/b8-3+. The van der Waals surface area contributed by atoms with Crippen LogP contribution >= 0.6 is 11.6 Å². The van der Waals surface area contributed by atoms with Crippen LogP contribution < -0.4 is 16.0 Å². The van der Waals surface area contributed by atoms with Crippen LogP contribution in [0.5, 0.6) is 0 Å². The third-order valence-electron chi connectivity index (χ3n) is 6.46. The summed E-state index contributed by atoms with van der Waals surface area (Å²) >= 11 is 6.19. The Kier molecular flexibility index (Phi) is 8.55. The number of tetrazole rings is 1. The molecule has 216 valence electrons. The van der Waals surface area contributed by atoms with Crippen molar-refractivity contribution >= 4 is 47.0 Å². The predicted molar refractivity (Wildman–Crippen MR) is 155 cm³/mol. The van der Waals surface area contributed by atoms with Crippen LogP contribution in [0.4, 0.5) is 16.2 Å². The first-order chi connectivity index (χ1) is 20.3. The van der Waals surface area contributed by atoms with E-state index in [-0.39, 0.29) is 18.4 Å². The fraction of sp³-hybridized carbons (Fsp3) is 0.222. The molecule has 2 bridgehead atoms. The molecule has 1 unspecified atom stereocenters. The van der Waals surface area contributed by atoms with E-state index in [1.54, 1.807) is 48.7 Å². The highest BCUT2D eigenvalue weighted by atomic mass is 35.5. The number of aromatic amines is 1. The number of hydrogen-bond donors (Lipinski definition) is 4. The van der Waals surface area contributed by atoms with Crippen LogP contribution in [0.25, 0.3) is 23.0 Å². The molecular weight excluding hydrogens is 564 g/mol. The average molecular weight is 591 g/mol. The number of fused-ring (bicyclic) bond motifs is 4. The molecule has 2 aromatic carbocycles. The van der Waals surface area contributed by atoms with Gasteiger partial charge in [-0.15, -0.1) is 5.10 Å². The highest BCUT2D eigenvalue weighted by Gasteiger charge is 2.22. The second kappa shape index (κ2) is 12.6. The Morgan fingerprint density at radius 3 is 2.86 bits per heavy atom. The second-order valence-electron chi connectivity index (χ2n) is 9.47. The molecule has 3 heterocycles. The summed E-state index contributed by atoms with van der Waals surface area (Å²) in [5.41, 5.74) is 3.39. The summed E-state index contributed by atoms with van der Waals surface area (Å²) in [6.45, 7) is 0.606. The summed E-state index contributed by atoms with van der Waals surface area (Å²) < 4.78 is 6.14. The maximum Gasteiger partial charge on any atom is 0.411 e. The van der Waals surface area contributed by atoms with Gasteiger partial charge in [0.05, 0.1) is 36.8 Å². The first-order valence-electron chi connectivity index (χ1n) is 12.8. The van der Waals surface area contributed by atoms with E-state index < -0.39 is 12.1 Å². The molecule has 4 N–H and O–H groups in total. The van der Waals surface area contributed by atoms with Crippen molar-refractivity contribution in [2.45, 2.75) is 12.5 Å². The number of rotatable bonds is 5. The van der Waals surface area contributed by atoms with Crippen molar-refractivity contribution in [1.82, 2.24) is 40.4 Å². The van der Waals surface area contributed by atoms with Gasteiger partial charge in [-0.25, -0.2) is 9.78 Å². The molecule has 5 rings (SSSR count). The lowest BCUT2D eigenvalue weighted by Gasteiger charge is -2.22. The van der Waals surface area contributed by atoms with Gasteiger partial charge < -0.3 is 20.4 Å². The van der Waals surface area contributed by atoms with Crippen molar-refractivity contribution in [3.63, 3.8) is 0 Å². The molecule has 1 atom stereocenters. The minimum atomic E-state index is -0.633. The molecule has 0 aliphatic carbocycles. The molecule has 0 saturated heterocycles. The van der Waals surface area contributed by atoms with Crippen LogP contribution in [0.15, 0.2) is 55.0 Å². The number of carbonyl (C=O) groups is 3. The summed E-state index contributed by atoms with van der Waals surface area (Å²) in [5, 5.41) is 20.2. The van der Waals surface area contributed by atoms with Crippen molar-refractivity contribution in [2.75, 3.05) is 37.9 Å². The Morgan fingerprint density at radius 2 is 2.07 bits per heavy atom. The number of H-pyrrole nitrogens is 1. The van der Waals surface area contributed by atoms with Gasteiger partial charge in [0.15, 0.2) is 0 Å². The maximum atomic E-state index is 13.1. The number of halogens is 1. The van der Waals surface area contributed by atoms with Crippen LogP contribution in [0.1, 0.15) is 23.9 Å². The Hall–Kier alpha value is -5.08. The number of nitrogens with zero attached hydrogens (tertiary/aromatic N) is 6. The molecule has 0 spiro atoms. The number of carbonyl (C=O) groups excluding carboxylic acids is 3. The average Bonchev–Trinajstić information content (AvgIpc) is 3.67. The summed E-state index contributed by atoms with van der Waals surface area (Å²) in [4.78, 5) is 47.4. The van der Waals surface area contributed by atoms with E-state index in [1.807, 2.05) is 11.9 Å². The van der Waals surface area contributed by atoms with Crippen LogP contribution in [0.3, 0.4) is 0 Å². The molecular formula is C27H27ClN10O4. The van der Waals surface area contributed by atoms with Gasteiger partial charge >= 0.3 is 6.09 Å². The number of anilines is 2. The number of ether oxygens (including phenoxy) is 1. The van der Waals surface area contributed by atoms with Crippen molar-refractivity contribution in [3.05, 3.63) is 71.4 Å². The maximum absolute atomic E-state index is 13.1. The van der Waals surface area contributed by atoms with Gasteiger partial charge in [-0.2, -0.15) is 4.68 Å². The van der Waals surface area contributed by atoms with Crippen LogP contribution in [0.2, 0.25) is 5.02 Å². The largest absolute Gasteiger partial charge is 0.453 e.